The summed E-state index contributed by atoms with van der Waals surface area (Å²) < 4.78 is 4.37. The minimum absolute atomic E-state index is 0.399. The van der Waals surface area contributed by atoms with Gasteiger partial charge in [0.1, 0.15) is 0 Å². The van der Waals surface area contributed by atoms with E-state index in [1.807, 2.05) is 19.1 Å². The molecule has 2 N–H and O–H groups in total. The van der Waals surface area contributed by atoms with Crippen molar-refractivity contribution >= 4 is 14.6 Å². The van der Waals surface area contributed by atoms with Crippen LogP contribution in [0.2, 0.25) is 0 Å². The van der Waals surface area contributed by atoms with Crippen LogP contribution in [0.3, 0.4) is 0 Å². The van der Waals surface area contributed by atoms with E-state index in [9.17, 15) is 4.79 Å². The second-order valence-corrected chi connectivity index (χ2v) is 4.09. The van der Waals surface area contributed by atoms with Crippen LogP contribution in [0.4, 0.5) is 0 Å². The summed E-state index contributed by atoms with van der Waals surface area (Å²) in [7, 11) is -2.65. The van der Waals surface area contributed by atoms with Crippen molar-refractivity contribution in [1.82, 2.24) is 0 Å². The van der Waals surface area contributed by atoms with Crippen LogP contribution in [0.15, 0.2) is 12.1 Å². The maximum absolute atomic E-state index is 11.5. The molecule has 1 rings (SSSR count). The molecule has 0 unspecified atom stereocenters. The molecule has 0 saturated heterocycles. The molecular formula is C10H13O4P. The zero-order valence-electron chi connectivity index (χ0n) is 8.81. The molecule has 4 nitrogen and oxygen atoms in total. The van der Waals surface area contributed by atoms with E-state index in [0.29, 0.717) is 5.56 Å². The molecule has 0 aliphatic heterocycles. The minimum atomic E-state index is -2.65. The van der Waals surface area contributed by atoms with Gasteiger partial charge < -0.3 is 14.3 Å². The van der Waals surface area contributed by atoms with E-state index in [1.54, 1.807) is 13.8 Å². The number of hydrogen-bond acceptors (Lipinski definition) is 4. The van der Waals surface area contributed by atoms with Gasteiger partial charge in [0.05, 0.1) is 5.56 Å². The Bertz CT molecular complexity index is 364. The van der Waals surface area contributed by atoms with Crippen LogP contribution in [-0.4, -0.2) is 15.8 Å². The molecule has 5 heteroatoms. The highest BCUT2D eigenvalue weighted by molar-refractivity contribution is 7.40. The molecule has 82 valence electrons. The lowest BCUT2D eigenvalue weighted by Gasteiger charge is -2.10. The molecule has 0 aliphatic carbocycles. The lowest BCUT2D eigenvalue weighted by molar-refractivity contribution is 0.0713. The lowest BCUT2D eigenvalue weighted by atomic mass is 10.0. The second kappa shape index (κ2) is 4.71. The molecule has 15 heavy (non-hydrogen) atoms. The Morgan fingerprint density at radius 1 is 1.20 bits per heavy atom. The van der Waals surface area contributed by atoms with Crippen molar-refractivity contribution in [3.8, 4) is 0 Å². The molecule has 0 amide bonds. The highest BCUT2D eigenvalue weighted by Gasteiger charge is 2.17. The average Bonchev–Trinajstić information content (AvgIpc) is 1.99. The first-order chi connectivity index (χ1) is 6.91. The summed E-state index contributed by atoms with van der Waals surface area (Å²) in [6, 6.07) is 3.70. The third-order valence-corrected chi connectivity index (χ3v) is 2.37. The molecule has 1 aromatic rings. The Morgan fingerprint density at radius 3 is 2.07 bits per heavy atom. The van der Waals surface area contributed by atoms with E-state index in [-0.39, 0.29) is 0 Å². The number of hydrogen-bond donors (Lipinski definition) is 2. The molecule has 0 spiro atoms. The smallest absolute Gasteiger partial charge is 0.391 e. The zero-order valence-corrected chi connectivity index (χ0v) is 9.71. The first kappa shape index (κ1) is 12.1. The maximum atomic E-state index is 11.5. The van der Waals surface area contributed by atoms with Crippen LogP contribution >= 0.6 is 8.60 Å². The van der Waals surface area contributed by atoms with Gasteiger partial charge in [0, 0.05) is 0 Å². The van der Waals surface area contributed by atoms with Gasteiger partial charge in [-0.2, -0.15) is 0 Å². The summed E-state index contributed by atoms with van der Waals surface area (Å²) in [4.78, 5) is 28.7. The Kier molecular flexibility index (Phi) is 3.80. The number of carbonyl (C=O) groups excluding carboxylic acids is 1. The number of benzene rings is 1. The van der Waals surface area contributed by atoms with Crippen LogP contribution in [0.1, 0.15) is 27.0 Å². The third-order valence-electron chi connectivity index (χ3n) is 2.05. The van der Waals surface area contributed by atoms with Gasteiger partial charge in [-0.15, -0.1) is 0 Å². The van der Waals surface area contributed by atoms with Crippen LogP contribution in [0.5, 0.6) is 0 Å². The first-order valence-electron chi connectivity index (χ1n) is 4.40. The standard InChI is InChI=1S/C10H13O4P/c1-6-4-7(2)9(8(3)5-6)10(11)14-15(12)13/h4-5,12-13H,1-3H3. The lowest BCUT2D eigenvalue weighted by Crippen LogP contribution is -2.06. The highest BCUT2D eigenvalue weighted by Crippen LogP contribution is 2.28. The Labute approximate surface area is 89.5 Å². The fraction of sp³-hybridized carbons (Fsp3) is 0.300. The fourth-order valence-corrected chi connectivity index (χ4v) is 1.86. The molecule has 0 saturated carbocycles. The van der Waals surface area contributed by atoms with Gasteiger partial charge in [0.2, 0.25) is 0 Å². The molecule has 0 atom stereocenters. The zero-order chi connectivity index (χ0) is 11.6. The number of rotatable bonds is 2. The third kappa shape index (κ3) is 2.99. The summed E-state index contributed by atoms with van der Waals surface area (Å²) in [5, 5.41) is 0. The number of aryl methyl sites for hydroxylation is 3. The predicted molar refractivity (Wildman–Crippen MR) is 57.4 cm³/mol. The van der Waals surface area contributed by atoms with E-state index in [1.165, 1.54) is 0 Å². The van der Waals surface area contributed by atoms with Gasteiger partial charge in [-0.3, -0.25) is 0 Å². The maximum Gasteiger partial charge on any atom is 0.394 e. The van der Waals surface area contributed by atoms with Gasteiger partial charge in [-0.25, -0.2) is 4.79 Å². The predicted octanol–water partition coefficient (Wildman–Crippen LogP) is 1.98. The fourth-order valence-electron chi connectivity index (χ4n) is 1.62. The topological polar surface area (TPSA) is 66.8 Å². The highest BCUT2D eigenvalue weighted by atomic mass is 31.2. The number of carbonyl (C=O) groups is 1. The first-order valence-corrected chi connectivity index (χ1v) is 5.56. The molecule has 0 fully saturated rings. The molecule has 0 aliphatic rings. The van der Waals surface area contributed by atoms with Crippen molar-refractivity contribution in [2.24, 2.45) is 0 Å². The molecule has 0 aromatic heterocycles. The van der Waals surface area contributed by atoms with Gasteiger partial charge in [-0.05, 0) is 31.9 Å². The normalized spacial score (nSPS) is 10.5. The van der Waals surface area contributed by atoms with E-state index < -0.39 is 14.6 Å². The quantitative estimate of drug-likeness (QED) is 0.759. The van der Waals surface area contributed by atoms with Crippen molar-refractivity contribution in [3.63, 3.8) is 0 Å². The van der Waals surface area contributed by atoms with Crippen molar-refractivity contribution in [2.75, 3.05) is 0 Å². The van der Waals surface area contributed by atoms with Crippen molar-refractivity contribution in [3.05, 3.63) is 34.4 Å². The second-order valence-electron chi connectivity index (χ2n) is 3.41. The van der Waals surface area contributed by atoms with Crippen LogP contribution in [0.25, 0.3) is 0 Å². The van der Waals surface area contributed by atoms with Crippen LogP contribution < -0.4 is 0 Å². The van der Waals surface area contributed by atoms with E-state index in [0.717, 1.165) is 16.7 Å². The Morgan fingerprint density at radius 2 is 1.67 bits per heavy atom. The van der Waals surface area contributed by atoms with Crippen molar-refractivity contribution in [1.29, 1.82) is 0 Å². The largest absolute Gasteiger partial charge is 0.394 e. The molecule has 0 bridgehead atoms. The monoisotopic (exact) mass is 228 g/mol. The molecular weight excluding hydrogens is 215 g/mol. The Balaban J connectivity index is 3.09. The average molecular weight is 228 g/mol. The summed E-state index contributed by atoms with van der Waals surface area (Å²) in [5.74, 6) is -0.693. The Hall–Kier alpha value is -0.960. The van der Waals surface area contributed by atoms with Gasteiger partial charge >= 0.3 is 14.6 Å². The summed E-state index contributed by atoms with van der Waals surface area (Å²) in [6.07, 6.45) is 0. The van der Waals surface area contributed by atoms with Gasteiger partial charge in [0.25, 0.3) is 0 Å². The summed E-state index contributed by atoms with van der Waals surface area (Å²) in [6.45, 7) is 5.50. The van der Waals surface area contributed by atoms with Gasteiger partial charge in [-0.1, -0.05) is 17.7 Å². The van der Waals surface area contributed by atoms with Crippen molar-refractivity contribution in [2.45, 2.75) is 20.8 Å². The van der Waals surface area contributed by atoms with Crippen LogP contribution in [0, 0.1) is 20.8 Å². The van der Waals surface area contributed by atoms with E-state index in [4.69, 9.17) is 9.79 Å². The van der Waals surface area contributed by atoms with Crippen molar-refractivity contribution < 1.29 is 19.1 Å². The SMILES string of the molecule is Cc1cc(C)c(C(=O)OP(O)O)c(C)c1. The van der Waals surface area contributed by atoms with E-state index in [2.05, 4.69) is 4.52 Å². The summed E-state index contributed by atoms with van der Waals surface area (Å²) >= 11 is 0. The van der Waals surface area contributed by atoms with Crippen LogP contribution in [-0.2, 0) is 4.52 Å². The molecule has 1 aromatic carbocycles. The summed E-state index contributed by atoms with van der Waals surface area (Å²) in [5.41, 5.74) is 3.00. The van der Waals surface area contributed by atoms with E-state index >= 15 is 0 Å². The molecule has 0 heterocycles. The molecule has 0 radical (unpaired) electrons. The minimum Gasteiger partial charge on any atom is -0.391 e. The van der Waals surface area contributed by atoms with Gasteiger partial charge in [0.15, 0.2) is 0 Å².